The summed E-state index contributed by atoms with van der Waals surface area (Å²) in [6.45, 7) is 2.24. The lowest BCUT2D eigenvalue weighted by molar-refractivity contribution is 0.0845. The Bertz CT molecular complexity index is 570. The molecule has 0 fully saturated rings. The lowest BCUT2D eigenvalue weighted by Crippen LogP contribution is -2.46. The van der Waals surface area contributed by atoms with Crippen molar-refractivity contribution >= 4 is 41.2 Å². The van der Waals surface area contributed by atoms with Crippen LogP contribution < -0.4 is 0 Å². The van der Waals surface area contributed by atoms with Crippen LogP contribution in [0.3, 0.4) is 0 Å². The lowest BCUT2D eigenvalue weighted by atomic mass is 9.91. The zero-order valence-corrected chi connectivity index (χ0v) is 14.4. The SMILES string of the molecule is CN(C)C(C)(CO)Cc1cccc2ccn(SI)c12. The van der Waals surface area contributed by atoms with Gasteiger partial charge in [-0.15, -0.1) is 0 Å². The van der Waals surface area contributed by atoms with Crippen LogP contribution in [0.15, 0.2) is 30.5 Å². The van der Waals surface area contributed by atoms with Gasteiger partial charge in [0.05, 0.1) is 12.1 Å². The Morgan fingerprint density at radius 2 is 2.11 bits per heavy atom. The summed E-state index contributed by atoms with van der Waals surface area (Å²) in [7, 11) is 5.70. The van der Waals surface area contributed by atoms with E-state index in [1.807, 2.05) is 14.1 Å². The van der Waals surface area contributed by atoms with E-state index in [1.54, 1.807) is 9.12 Å². The van der Waals surface area contributed by atoms with Crippen LogP contribution in [0.2, 0.25) is 0 Å². The molecule has 0 aliphatic carbocycles. The fourth-order valence-electron chi connectivity index (χ4n) is 2.20. The standard InChI is InChI=1S/C14H19IN2OS/c1-14(10-18,16(2)3)9-12-6-4-5-11-7-8-17(19-15)13(11)12/h4-8,18H,9-10H2,1-3H3. The third-order valence-electron chi connectivity index (χ3n) is 3.83. The third kappa shape index (κ3) is 2.94. The minimum absolute atomic E-state index is 0.147. The van der Waals surface area contributed by atoms with Crippen molar-refractivity contribution in [3.63, 3.8) is 0 Å². The molecule has 0 radical (unpaired) electrons. The highest BCUT2D eigenvalue weighted by Gasteiger charge is 2.27. The molecule has 0 saturated heterocycles. The number of hydrogen-bond donors (Lipinski definition) is 1. The Hall–Kier alpha value is -0.240. The van der Waals surface area contributed by atoms with E-state index in [2.05, 4.69) is 67.5 Å². The smallest absolute Gasteiger partial charge is 0.0631 e. The molecule has 3 nitrogen and oxygen atoms in total. The molecule has 5 heteroatoms. The second kappa shape index (κ2) is 6.03. The molecule has 0 spiro atoms. The molecule has 2 rings (SSSR count). The van der Waals surface area contributed by atoms with Gasteiger partial charge < -0.3 is 10.0 Å². The number of aliphatic hydroxyl groups excluding tert-OH is 1. The second-order valence-electron chi connectivity index (χ2n) is 5.29. The quantitative estimate of drug-likeness (QED) is 0.794. The summed E-state index contributed by atoms with van der Waals surface area (Å²) in [5, 5.41) is 11.0. The van der Waals surface area contributed by atoms with Gasteiger partial charge >= 0.3 is 0 Å². The van der Waals surface area contributed by atoms with Crippen LogP contribution in [0.4, 0.5) is 0 Å². The van der Waals surface area contributed by atoms with Crippen molar-refractivity contribution < 1.29 is 5.11 Å². The Morgan fingerprint density at radius 1 is 1.37 bits per heavy atom. The largest absolute Gasteiger partial charge is 0.394 e. The highest BCUT2D eigenvalue weighted by molar-refractivity contribution is 14.2. The number of nitrogens with zero attached hydrogens (tertiary/aromatic N) is 2. The van der Waals surface area contributed by atoms with E-state index in [-0.39, 0.29) is 12.1 Å². The molecule has 1 aromatic carbocycles. The van der Waals surface area contributed by atoms with Crippen molar-refractivity contribution in [2.75, 3.05) is 20.7 Å². The van der Waals surface area contributed by atoms with Crippen molar-refractivity contribution in [3.8, 4) is 0 Å². The molecule has 19 heavy (non-hydrogen) atoms. The first-order valence-electron chi connectivity index (χ1n) is 6.18. The summed E-state index contributed by atoms with van der Waals surface area (Å²) in [5.41, 5.74) is 2.29. The number of benzene rings is 1. The van der Waals surface area contributed by atoms with Crippen molar-refractivity contribution in [3.05, 3.63) is 36.0 Å². The summed E-state index contributed by atoms with van der Waals surface area (Å²) in [6.07, 6.45) is 2.92. The predicted molar refractivity (Wildman–Crippen MR) is 91.8 cm³/mol. The van der Waals surface area contributed by atoms with E-state index in [9.17, 15) is 5.11 Å². The Balaban J connectivity index is 2.48. The maximum Gasteiger partial charge on any atom is 0.0631 e. The summed E-state index contributed by atoms with van der Waals surface area (Å²) < 4.78 is 2.18. The van der Waals surface area contributed by atoms with Gasteiger partial charge in [-0.05, 0) is 39.1 Å². The van der Waals surface area contributed by atoms with Gasteiger partial charge in [0, 0.05) is 47.4 Å². The topological polar surface area (TPSA) is 28.4 Å². The number of halogens is 1. The number of likely N-dealkylation sites (N-methyl/N-ethyl adjacent to an activating group) is 1. The maximum atomic E-state index is 9.71. The first-order valence-corrected chi connectivity index (χ1v) is 9.50. The Kier molecular flexibility index (Phi) is 4.81. The molecule has 1 heterocycles. The van der Waals surface area contributed by atoms with Gasteiger partial charge in [0.2, 0.25) is 0 Å². The molecular weight excluding hydrogens is 371 g/mol. The minimum Gasteiger partial charge on any atom is -0.394 e. The van der Waals surface area contributed by atoms with Crippen molar-refractivity contribution in [1.29, 1.82) is 0 Å². The number of para-hydroxylation sites is 1. The zero-order chi connectivity index (χ0) is 14.0. The molecule has 104 valence electrons. The number of rotatable bonds is 5. The Morgan fingerprint density at radius 3 is 2.68 bits per heavy atom. The number of hydrogen-bond acceptors (Lipinski definition) is 3. The van der Waals surface area contributed by atoms with Gasteiger partial charge in [-0.3, -0.25) is 3.97 Å². The van der Waals surface area contributed by atoms with Gasteiger partial charge in [0.1, 0.15) is 0 Å². The highest BCUT2D eigenvalue weighted by atomic mass is 127. The van der Waals surface area contributed by atoms with Crippen LogP contribution in [0.1, 0.15) is 12.5 Å². The van der Waals surface area contributed by atoms with Gasteiger partial charge in [-0.1, -0.05) is 18.2 Å². The van der Waals surface area contributed by atoms with E-state index in [4.69, 9.17) is 0 Å². The van der Waals surface area contributed by atoms with E-state index in [0.29, 0.717) is 0 Å². The van der Waals surface area contributed by atoms with Crippen LogP contribution in [-0.2, 0) is 6.42 Å². The molecule has 0 aliphatic rings. The molecule has 1 N–H and O–H groups in total. The normalized spacial score (nSPS) is 15.1. The van der Waals surface area contributed by atoms with Crippen LogP contribution in [-0.4, -0.2) is 40.2 Å². The predicted octanol–water partition coefficient (Wildman–Crippen LogP) is 3.34. The number of fused-ring (bicyclic) bond motifs is 1. The van der Waals surface area contributed by atoms with Crippen LogP contribution in [0.5, 0.6) is 0 Å². The first kappa shape index (κ1) is 15.2. The first-order chi connectivity index (χ1) is 9.01. The van der Waals surface area contributed by atoms with Crippen LogP contribution in [0.25, 0.3) is 10.9 Å². The molecular formula is C14H19IN2OS. The van der Waals surface area contributed by atoms with Gasteiger partial charge in [0.25, 0.3) is 0 Å². The van der Waals surface area contributed by atoms with E-state index in [0.717, 1.165) is 6.42 Å². The summed E-state index contributed by atoms with van der Waals surface area (Å²) in [4.78, 5) is 2.09. The van der Waals surface area contributed by atoms with Crippen molar-refractivity contribution in [2.24, 2.45) is 0 Å². The van der Waals surface area contributed by atoms with E-state index >= 15 is 0 Å². The Labute approximate surface area is 130 Å². The zero-order valence-electron chi connectivity index (χ0n) is 11.4. The highest BCUT2D eigenvalue weighted by Crippen LogP contribution is 2.30. The maximum absolute atomic E-state index is 9.71. The molecule has 0 bridgehead atoms. The monoisotopic (exact) mass is 390 g/mol. The van der Waals surface area contributed by atoms with Crippen molar-refractivity contribution in [1.82, 2.24) is 8.87 Å². The summed E-state index contributed by atoms with van der Waals surface area (Å²) in [6, 6.07) is 8.51. The molecule has 0 aliphatic heterocycles. The molecule has 0 amide bonds. The lowest BCUT2D eigenvalue weighted by Gasteiger charge is -2.35. The average molecular weight is 390 g/mol. The molecule has 1 unspecified atom stereocenters. The number of aliphatic hydroxyl groups is 1. The number of aromatic nitrogens is 1. The minimum atomic E-state index is -0.237. The van der Waals surface area contributed by atoms with Crippen LogP contribution in [0, 0.1) is 0 Å². The molecule has 0 saturated carbocycles. The van der Waals surface area contributed by atoms with E-state index in [1.165, 1.54) is 16.5 Å². The van der Waals surface area contributed by atoms with E-state index < -0.39 is 0 Å². The van der Waals surface area contributed by atoms with Crippen LogP contribution >= 0.6 is 30.3 Å². The fraction of sp³-hybridized carbons (Fsp3) is 0.429. The molecule has 1 aromatic heterocycles. The molecule has 1 atom stereocenters. The molecule has 2 aromatic rings. The van der Waals surface area contributed by atoms with Crippen molar-refractivity contribution in [2.45, 2.75) is 18.9 Å². The third-order valence-corrected chi connectivity index (χ3v) is 5.55. The van der Waals surface area contributed by atoms with Gasteiger partial charge in [-0.25, -0.2) is 0 Å². The average Bonchev–Trinajstić information content (AvgIpc) is 2.82. The van der Waals surface area contributed by atoms with Gasteiger partial charge in [0.15, 0.2) is 0 Å². The van der Waals surface area contributed by atoms with Gasteiger partial charge in [-0.2, -0.15) is 0 Å². The summed E-state index contributed by atoms with van der Waals surface area (Å²) in [5.74, 6) is 0. The summed E-state index contributed by atoms with van der Waals surface area (Å²) >= 11 is 2.29. The second-order valence-corrected chi connectivity index (χ2v) is 7.00. The fourth-order valence-corrected chi connectivity index (χ4v) is 3.59.